The molecule has 3 aromatic rings. The highest BCUT2D eigenvalue weighted by atomic mass is 14.9. The molecule has 2 heterocycles. The van der Waals surface area contributed by atoms with Gasteiger partial charge < -0.3 is 4.98 Å². The van der Waals surface area contributed by atoms with Gasteiger partial charge in [-0.3, -0.25) is 0 Å². The van der Waals surface area contributed by atoms with Gasteiger partial charge in [-0.05, 0) is 18.2 Å². The number of benzene rings is 1. The molecular weight excluding hydrogens is 210 g/mol. The number of aliphatic imine (C=N–C) groups is 1. The minimum Gasteiger partial charge on any atom is -0.361 e. The first-order valence-corrected chi connectivity index (χ1v) is 5.45. The monoisotopic (exact) mass is 221 g/mol. The van der Waals surface area contributed by atoms with Gasteiger partial charge >= 0.3 is 0 Å². The summed E-state index contributed by atoms with van der Waals surface area (Å²) in [6.07, 6.45) is 5.53. The molecule has 3 heteroatoms. The van der Waals surface area contributed by atoms with Gasteiger partial charge in [-0.2, -0.15) is 0 Å². The zero-order valence-corrected chi connectivity index (χ0v) is 9.17. The summed E-state index contributed by atoms with van der Waals surface area (Å²) in [7, 11) is 0. The van der Waals surface area contributed by atoms with Crippen molar-refractivity contribution >= 4 is 22.9 Å². The van der Waals surface area contributed by atoms with Crippen LogP contribution < -0.4 is 0 Å². The molecule has 2 aromatic heterocycles. The number of nitrogens with one attached hydrogen (secondary N) is 1. The second-order valence-corrected chi connectivity index (χ2v) is 3.74. The van der Waals surface area contributed by atoms with Crippen LogP contribution in [0.4, 0.5) is 5.82 Å². The maximum Gasteiger partial charge on any atom is 0.151 e. The van der Waals surface area contributed by atoms with Gasteiger partial charge in [-0.1, -0.05) is 24.3 Å². The molecule has 0 amide bonds. The fourth-order valence-electron chi connectivity index (χ4n) is 1.77. The summed E-state index contributed by atoms with van der Waals surface area (Å²) in [5.41, 5.74) is 2.20. The molecule has 0 bridgehead atoms. The van der Waals surface area contributed by atoms with Crippen LogP contribution in [0, 0.1) is 0 Å². The lowest BCUT2D eigenvalue weighted by molar-refractivity contribution is 1.28. The van der Waals surface area contributed by atoms with E-state index in [1.165, 1.54) is 5.39 Å². The number of nitrogens with zero attached hydrogens (tertiary/aromatic N) is 2. The van der Waals surface area contributed by atoms with E-state index in [2.05, 4.69) is 21.0 Å². The van der Waals surface area contributed by atoms with Crippen LogP contribution in [0.3, 0.4) is 0 Å². The highest BCUT2D eigenvalue weighted by molar-refractivity contribution is 5.99. The molecule has 1 N–H and O–H groups in total. The van der Waals surface area contributed by atoms with Crippen LogP contribution in [0.2, 0.25) is 0 Å². The summed E-state index contributed by atoms with van der Waals surface area (Å²) in [6, 6.07) is 13.8. The quantitative estimate of drug-likeness (QED) is 0.662. The fraction of sp³-hybridized carbons (Fsp3) is 0. The summed E-state index contributed by atoms with van der Waals surface area (Å²) in [5, 5.41) is 1.17. The lowest BCUT2D eigenvalue weighted by atomic mass is 10.2. The van der Waals surface area contributed by atoms with Crippen molar-refractivity contribution in [2.75, 3.05) is 0 Å². The number of H-pyrrole nitrogens is 1. The van der Waals surface area contributed by atoms with Crippen LogP contribution in [-0.4, -0.2) is 16.2 Å². The Morgan fingerprint density at radius 1 is 1.06 bits per heavy atom. The van der Waals surface area contributed by atoms with Crippen molar-refractivity contribution in [3.8, 4) is 0 Å². The molecule has 17 heavy (non-hydrogen) atoms. The molecule has 1 aromatic carbocycles. The summed E-state index contributed by atoms with van der Waals surface area (Å²) in [4.78, 5) is 11.7. The Morgan fingerprint density at radius 3 is 2.82 bits per heavy atom. The number of hydrogen-bond donors (Lipinski definition) is 1. The lowest BCUT2D eigenvalue weighted by Crippen LogP contribution is -1.78. The third-order valence-corrected chi connectivity index (χ3v) is 2.61. The van der Waals surface area contributed by atoms with Crippen LogP contribution in [0.5, 0.6) is 0 Å². The molecule has 0 radical (unpaired) electrons. The van der Waals surface area contributed by atoms with Gasteiger partial charge in [-0.15, -0.1) is 0 Å². The molecule has 0 spiro atoms. The van der Waals surface area contributed by atoms with E-state index in [4.69, 9.17) is 0 Å². The fourth-order valence-corrected chi connectivity index (χ4v) is 1.77. The van der Waals surface area contributed by atoms with Gasteiger partial charge in [0.25, 0.3) is 0 Å². The van der Waals surface area contributed by atoms with Crippen molar-refractivity contribution in [1.82, 2.24) is 9.97 Å². The van der Waals surface area contributed by atoms with E-state index >= 15 is 0 Å². The van der Waals surface area contributed by atoms with Gasteiger partial charge in [0.2, 0.25) is 0 Å². The normalized spacial score (nSPS) is 11.3. The lowest BCUT2D eigenvalue weighted by Gasteiger charge is -1.91. The van der Waals surface area contributed by atoms with Crippen LogP contribution in [0.15, 0.2) is 59.9 Å². The molecule has 0 saturated heterocycles. The zero-order valence-electron chi connectivity index (χ0n) is 9.17. The van der Waals surface area contributed by atoms with E-state index in [1.807, 2.05) is 48.8 Å². The first-order valence-electron chi connectivity index (χ1n) is 5.45. The third-order valence-electron chi connectivity index (χ3n) is 2.61. The van der Waals surface area contributed by atoms with Crippen molar-refractivity contribution < 1.29 is 0 Å². The second kappa shape index (κ2) is 4.22. The number of para-hydroxylation sites is 1. The van der Waals surface area contributed by atoms with Crippen LogP contribution in [0.1, 0.15) is 5.56 Å². The highest BCUT2D eigenvalue weighted by Gasteiger charge is 1.99. The third kappa shape index (κ3) is 1.95. The van der Waals surface area contributed by atoms with Crippen molar-refractivity contribution in [3.05, 3.63) is 60.4 Å². The minimum atomic E-state index is 0.720. The second-order valence-electron chi connectivity index (χ2n) is 3.74. The first-order chi connectivity index (χ1) is 8.43. The van der Waals surface area contributed by atoms with Crippen molar-refractivity contribution in [2.24, 2.45) is 4.99 Å². The number of rotatable bonds is 2. The Bertz CT molecular complexity index is 653. The van der Waals surface area contributed by atoms with Crippen molar-refractivity contribution in [2.45, 2.75) is 0 Å². The van der Waals surface area contributed by atoms with E-state index in [-0.39, 0.29) is 0 Å². The molecule has 82 valence electrons. The number of hydrogen-bond acceptors (Lipinski definition) is 2. The molecular formula is C14H11N3. The van der Waals surface area contributed by atoms with Crippen molar-refractivity contribution in [3.63, 3.8) is 0 Å². The van der Waals surface area contributed by atoms with E-state index in [1.54, 1.807) is 6.20 Å². The number of pyridine rings is 1. The Morgan fingerprint density at radius 2 is 1.94 bits per heavy atom. The van der Waals surface area contributed by atoms with E-state index in [0.29, 0.717) is 0 Å². The molecule has 3 nitrogen and oxygen atoms in total. The Hall–Kier alpha value is -2.42. The average molecular weight is 221 g/mol. The van der Waals surface area contributed by atoms with E-state index in [0.717, 1.165) is 16.9 Å². The number of fused-ring (bicyclic) bond motifs is 1. The van der Waals surface area contributed by atoms with E-state index < -0.39 is 0 Å². The summed E-state index contributed by atoms with van der Waals surface area (Å²) in [5.74, 6) is 0.720. The van der Waals surface area contributed by atoms with E-state index in [9.17, 15) is 0 Å². The molecule has 3 rings (SSSR count). The SMILES string of the molecule is C(=N\c1ccccn1)/c1c[nH]c2ccccc12. The minimum absolute atomic E-state index is 0.720. The summed E-state index contributed by atoms with van der Waals surface area (Å²) >= 11 is 0. The van der Waals surface area contributed by atoms with Gasteiger partial charge in [0.05, 0.1) is 0 Å². The van der Waals surface area contributed by atoms with Gasteiger partial charge in [0, 0.05) is 35.1 Å². The Balaban J connectivity index is 1.98. The molecule has 0 unspecified atom stereocenters. The largest absolute Gasteiger partial charge is 0.361 e. The van der Waals surface area contributed by atoms with Gasteiger partial charge in [0.15, 0.2) is 5.82 Å². The number of aromatic nitrogens is 2. The summed E-state index contributed by atoms with van der Waals surface area (Å²) in [6.45, 7) is 0. The van der Waals surface area contributed by atoms with Crippen LogP contribution >= 0.6 is 0 Å². The number of aromatic amines is 1. The Labute approximate surface area is 98.9 Å². The van der Waals surface area contributed by atoms with Gasteiger partial charge in [0.1, 0.15) is 0 Å². The standard InChI is InChI=1S/C14H11N3/c1-2-6-13-12(5-1)11(9-16-13)10-17-14-7-3-4-8-15-14/h1-10,16H/b17-10+. The molecule has 0 aliphatic carbocycles. The van der Waals surface area contributed by atoms with Crippen LogP contribution in [0.25, 0.3) is 10.9 Å². The maximum absolute atomic E-state index is 4.34. The van der Waals surface area contributed by atoms with Crippen molar-refractivity contribution in [1.29, 1.82) is 0 Å². The summed E-state index contributed by atoms with van der Waals surface area (Å²) < 4.78 is 0. The topological polar surface area (TPSA) is 41.0 Å². The molecule has 0 fully saturated rings. The first kappa shape index (κ1) is 9.78. The molecule has 0 atom stereocenters. The molecule has 0 saturated carbocycles. The molecule has 0 aliphatic rings. The maximum atomic E-state index is 4.34. The Kier molecular flexibility index (Phi) is 2.43. The van der Waals surface area contributed by atoms with Gasteiger partial charge in [-0.25, -0.2) is 9.98 Å². The predicted molar refractivity (Wildman–Crippen MR) is 69.8 cm³/mol. The smallest absolute Gasteiger partial charge is 0.151 e. The highest BCUT2D eigenvalue weighted by Crippen LogP contribution is 2.16. The zero-order chi connectivity index (χ0) is 11.5. The average Bonchev–Trinajstić information content (AvgIpc) is 2.81. The predicted octanol–water partition coefficient (Wildman–Crippen LogP) is 3.31. The van der Waals surface area contributed by atoms with Crippen LogP contribution in [-0.2, 0) is 0 Å². The molecule has 0 aliphatic heterocycles.